The third kappa shape index (κ3) is 4.15. The van der Waals surface area contributed by atoms with Crippen LogP contribution in [-0.4, -0.2) is 5.78 Å². The molecule has 0 fully saturated rings. The highest BCUT2D eigenvalue weighted by atomic mass is 16.1. The average Bonchev–Trinajstić information content (AvgIpc) is 2.25. The molecule has 1 rings (SSSR count). The third-order valence-corrected chi connectivity index (χ3v) is 2.63. The van der Waals surface area contributed by atoms with Crippen LogP contribution < -0.4 is 5.73 Å². The van der Waals surface area contributed by atoms with E-state index in [2.05, 4.69) is 20.8 Å². The summed E-state index contributed by atoms with van der Waals surface area (Å²) in [6.07, 6.45) is 1.44. The van der Waals surface area contributed by atoms with Gasteiger partial charge < -0.3 is 5.73 Å². The van der Waals surface area contributed by atoms with Gasteiger partial charge in [-0.2, -0.15) is 0 Å². The van der Waals surface area contributed by atoms with Crippen molar-refractivity contribution < 1.29 is 4.79 Å². The standard InChI is InChI=1S/C14H21NO/c1-14(2,3)10-9-12(16)13(15)11-7-5-4-6-8-11/h4-8,13H,9-10,15H2,1-3H3/t13-/m1/s1. The van der Waals surface area contributed by atoms with Crippen molar-refractivity contribution in [1.82, 2.24) is 0 Å². The number of carbonyl (C=O) groups is 1. The van der Waals surface area contributed by atoms with Crippen LogP contribution in [0.2, 0.25) is 0 Å². The monoisotopic (exact) mass is 219 g/mol. The van der Waals surface area contributed by atoms with Crippen molar-refractivity contribution in [2.75, 3.05) is 0 Å². The lowest BCUT2D eigenvalue weighted by Crippen LogP contribution is -2.22. The summed E-state index contributed by atoms with van der Waals surface area (Å²) in [5.74, 6) is 0.126. The highest BCUT2D eigenvalue weighted by Gasteiger charge is 2.18. The molecule has 0 aliphatic carbocycles. The van der Waals surface area contributed by atoms with Crippen LogP contribution in [0.3, 0.4) is 0 Å². The van der Waals surface area contributed by atoms with Crippen molar-refractivity contribution in [2.45, 2.75) is 39.7 Å². The summed E-state index contributed by atoms with van der Waals surface area (Å²) in [6, 6.07) is 9.08. The van der Waals surface area contributed by atoms with E-state index >= 15 is 0 Å². The predicted octanol–water partition coefficient (Wildman–Crippen LogP) is 3.08. The van der Waals surface area contributed by atoms with Crippen LogP contribution in [-0.2, 0) is 4.79 Å². The zero-order valence-electron chi connectivity index (χ0n) is 10.4. The Hall–Kier alpha value is -1.15. The highest BCUT2D eigenvalue weighted by Crippen LogP contribution is 2.23. The molecule has 0 saturated heterocycles. The van der Waals surface area contributed by atoms with Crippen LogP contribution in [0.25, 0.3) is 0 Å². The fourth-order valence-corrected chi connectivity index (χ4v) is 1.50. The van der Waals surface area contributed by atoms with Gasteiger partial charge in [0.1, 0.15) is 0 Å². The van der Waals surface area contributed by atoms with Crippen LogP contribution in [0.4, 0.5) is 0 Å². The molecule has 0 aliphatic heterocycles. The molecular formula is C14H21NO. The van der Waals surface area contributed by atoms with Gasteiger partial charge in [-0.3, -0.25) is 4.79 Å². The van der Waals surface area contributed by atoms with Crippen molar-refractivity contribution in [3.05, 3.63) is 35.9 Å². The first-order valence-corrected chi connectivity index (χ1v) is 5.73. The molecular weight excluding hydrogens is 198 g/mol. The van der Waals surface area contributed by atoms with E-state index in [1.807, 2.05) is 30.3 Å². The zero-order valence-corrected chi connectivity index (χ0v) is 10.4. The summed E-state index contributed by atoms with van der Waals surface area (Å²) in [4.78, 5) is 11.9. The summed E-state index contributed by atoms with van der Waals surface area (Å²) < 4.78 is 0. The van der Waals surface area contributed by atoms with E-state index in [4.69, 9.17) is 5.73 Å². The Morgan fingerprint density at radius 1 is 1.25 bits per heavy atom. The maximum Gasteiger partial charge on any atom is 0.154 e. The van der Waals surface area contributed by atoms with Gasteiger partial charge in [-0.1, -0.05) is 51.1 Å². The lowest BCUT2D eigenvalue weighted by Gasteiger charge is -2.18. The molecule has 0 spiro atoms. The number of ketones is 1. The second-order valence-electron chi connectivity index (χ2n) is 5.42. The zero-order chi connectivity index (χ0) is 12.2. The molecule has 0 aliphatic rings. The minimum Gasteiger partial charge on any atom is -0.318 e. The molecule has 2 nitrogen and oxygen atoms in total. The molecule has 0 radical (unpaired) electrons. The number of hydrogen-bond acceptors (Lipinski definition) is 2. The normalized spacial score (nSPS) is 13.5. The maximum absolute atomic E-state index is 11.9. The highest BCUT2D eigenvalue weighted by molar-refractivity contribution is 5.85. The van der Waals surface area contributed by atoms with Crippen molar-refractivity contribution in [2.24, 2.45) is 11.1 Å². The first kappa shape index (κ1) is 12.9. The molecule has 1 aromatic rings. The Kier molecular flexibility index (Phi) is 4.25. The molecule has 88 valence electrons. The van der Waals surface area contributed by atoms with E-state index in [1.54, 1.807) is 0 Å². The Labute approximate surface area is 97.9 Å². The lowest BCUT2D eigenvalue weighted by molar-refractivity contribution is -0.120. The van der Waals surface area contributed by atoms with E-state index in [1.165, 1.54) is 0 Å². The van der Waals surface area contributed by atoms with Gasteiger partial charge in [-0.05, 0) is 17.4 Å². The van der Waals surface area contributed by atoms with Crippen LogP contribution in [0.1, 0.15) is 45.2 Å². The van der Waals surface area contributed by atoms with Gasteiger partial charge >= 0.3 is 0 Å². The summed E-state index contributed by atoms with van der Waals surface area (Å²) in [6.45, 7) is 6.40. The summed E-state index contributed by atoms with van der Waals surface area (Å²) in [5.41, 5.74) is 7.01. The molecule has 0 bridgehead atoms. The molecule has 0 aromatic heterocycles. The molecule has 1 aromatic carbocycles. The van der Waals surface area contributed by atoms with E-state index < -0.39 is 6.04 Å². The molecule has 2 heteroatoms. The molecule has 1 atom stereocenters. The van der Waals surface area contributed by atoms with Crippen LogP contribution in [0.5, 0.6) is 0 Å². The lowest BCUT2D eigenvalue weighted by atomic mass is 9.88. The van der Waals surface area contributed by atoms with Gasteiger partial charge in [-0.15, -0.1) is 0 Å². The first-order chi connectivity index (χ1) is 7.40. The second-order valence-corrected chi connectivity index (χ2v) is 5.42. The van der Waals surface area contributed by atoms with E-state index in [0.717, 1.165) is 12.0 Å². The van der Waals surface area contributed by atoms with Gasteiger partial charge in [0.25, 0.3) is 0 Å². The number of hydrogen-bond donors (Lipinski definition) is 1. The van der Waals surface area contributed by atoms with Crippen LogP contribution >= 0.6 is 0 Å². The maximum atomic E-state index is 11.9. The number of Topliss-reactive ketones (excluding diaryl/α,β-unsaturated/α-hetero) is 1. The predicted molar refractivity (Wildman–Crippen MR) is 67.1 cm³/mol. The summed E-state index contributed by atoms with van der Waals surface area (Å²) in [5, 5.41) is 0. The van der Waals surface area contributed by atoms with E-state index in [9.17, 15) is 4.79 Å². The van der Waals surface area contributed by atoms with Gasteiger partial charge in [0.2, 0.25) is 0 Å². The smallest absolute Gasteiger partial charge is 0.154 e. The largest absolute Gasteiger partial charge is 0.318 e. The SMILES string of the molecule is CC(C)(C)CCC(=O)[C@H](N)c1ccccc1. The van der Waals surface area contributed by atoms with Gasteiger partial charge in [0.05, 0.1) is 6.04 Å². The average molecular weight is 219 g/mol. The Balaban J connectivity index is 2.55. The van der Waals surface area contributed by atoms with E-state index in [-0.39, 0.29) is 11.2 Å². The number of carbonyl (C=O) groups excluding carboxylic acids is 1. The fraction of sp³-hybridized carbons (Fsp3) is 0.500. The molecule has 0 amide bonds. The van der Waals surface area contributed by atoms with Gasteiger partial charge in [0.15, 0.2) is 5.78 Å². The van der Waals surface area contributed by atoms with Crippen molar-refractivity contribution >= 4 is 5.78 Å². The summed E-state index contributed by atoms with van der Waals surface area (Å²) >= 11 is 0. The van der Waals surface area contributed by atoms with E-state index in [0.29, 0.717) is 6.42 Å². The van der Waals surface area contributed by atoms with Crippen molar-refractivity contribution in [1.29, 1.82) is 0 Å². The Morgan fingerprint density at radius 3 is 2.31 bits per heavy atom. The van der Waals surface area contributed by atoms with Crippen molar-refractivity contribution in [3.8, 4) is 0 Å². The minimum absolute atomic E-state index is 0.126. The first-order valence-electron chi connectivity index (χ1n) is 5.73. The number of benzene rings is 1. The van der Waals surface area contributed by atoms with Crippen LogP contribution in [0, 0.1) is 5.41 Å². The third-order valence-electron chi connectivity index (χ3n) is 2.63. The van der Waals surface area contributed by atoms with Gasteiger partial charge in [0, 0.05) is 6.42 Å². The van der Waals surface area contributed by atoms with Gasteiger partial charge in [-0.25, -0.2) is 0 Å². The quantitative estimate of drug-likeness (QED) is 0.845. The fourth-order valence-electron chi connectivity index (χ4n) is 1.50. The Morgan fingerprint density at radius 2 is 1.81 bits per heavy atom. The molecule has 16 heavy (non-hydrogen) atoms. The topological polar surface area (TPSA) is 43.1 Å². The van der Waals surface area contributed by atoms with Crippen molar-refractivity contribution in [3.63, 3.8) is 0 Å². The summed E-state index contributed by atoms with van der Waals surface area (Å²) in [7, 11) is 0. The molecule has 0 saturated carbocycles. The molecule has 0 unspecified atom stereocenters. The second kappa shape index (κ2) is 5.26. The molecule has 0 heterocycles. The number of nitrogens with two attached hydrogens (primary N) is 1. The number of rotatable bonds is 4. The molecule has 2 N–H and O–H groups in total. The minimum atomic E-state index is -0.469. The van der Waals surface area contributed by atoms with Crippen LogP contribution in [0.15, 0.2) is 30.3 Å². The Bertz CT molecular complexity index is 338.